The summed E-state index contributed by atoms with van der Waals surface area (Å²) in [5.41, 5.74) is 0.897. The number of carbonyl (C=O) groups excluding carboxylic acids is 1. The molecular formula is C21H19Cl2FN4O4. The van der Waals surface area contributed by atoms with Crippen molar-refractivity contribution < 1.29 is 23.8 Å². The first-order valence-corrected chi connectivity index (χ1v) is 10.6. The van der Waals surface area contributed by atoms with Crippen LogP contribution in [-0.4, -0.2) is 45.0 Å². The maximum Gasteiger partial charge on any atom is 0.412 e. The van der Waals surface area contributed by atoms with Gasteiger partial charge in [0.25, 0.3) is 0 Å². The van der Waals surface area contributed by atoms with E-state index in [1.165, 1.54) is 11.1 Å². The monoisotopic (exact) mass is 480 g/mol. The van der Waals surface area contributed by atoms with Crippen LogP contribution in [0.2, 0.25) is 10.0 Å². The fourth-order valence-corrected chi connectivity index (χ4v) is 4.22. The highest BCUT2D eigenvalue weighted by molar-refractivity contribution is 6.42. The molecule has 2 amide bonds. The Labute approximate surface area is 192 Å². The number of carboxylic acid groups (broad SMARTS) is 1. The number of halogens is 3. The summed E-state index contributed by atoms with van der Waals surface area (Å²) in [5.74, 6) is -0.583. The maximum atomic E-state index is 14.2. The summed E-state index contributed by atoms with van der Waals surface area (Å²) in [6.45, 7) is 0.325. The minimum Gasteiger partial charge on any atom is -0.465 e. The number of carbonyl (C=O) groups is 2. The Morgan fingerprint density at radius 3 is 2.81 bits per heavy atom. The second kappa shape index (κ2) is 9.22. The molecule has 0 spiro atoms. The number of benzene rings is 2. The number of hydrogen-bond acceptors (Lipinski definition) is 4. The number of H-pyrrole nitrogens is 1. The molecule has 168 valence electrons. The zero-order chi connectivity index (χ0) is 22.8. The van der Waals surface area contributed by atoms with Crippen LogP contribution in [0.4, 0.5) is 19.7 Å². The number of likely N-dealkylation sites (tertiary alicyclic amines) is 1. The molecule has 1 aliphatic heterocycles. The molecule has 2 heterocycles. The normalized spacial score (nSPS) is 17.2. The van der Waals surface area contributed by atoms with Gasteiger partial charge in [-0.15, -0.1) is 0 Å². The van der Waals surface area contributed by atoms with E-state index in [-0.39, 0.29) is 16.2 Å². The number of fused-ring (bicyclic) bond motifs is 1. The summed E-state index contributed by atoms with van der Waals surface area (Å²) >= 11 is 12.2. The Bertz CT molecular complexity index is 1170. The minimum atomic E-state index is -1.10. The lowest BCUT2D eigenvalue weighted by Gasteiger charge is -2.38. The number of piperidine rings is 1. The van der Waals surface area contributed by atoms with E-state index >= 15 is 0 Å². The second-order valence-corrected chi connectivity index (χ2v) is 8.27. The van der Waals surface area contributed by atoms with Gasteiger partial charge in [-0.3, -0.25) is 10.4 Å². The van der Waals surface area contributed by atoms with E-state index in [2.05, 4.69) is 15.5 Å². The van der Waals surface area contributed by atoms with Gasteiger partial charge in [0.15, 0.2) is 5.82 Å². The molecule has 1 aliphatic rings. The number of aromatic nitrogens is 2. The van der Waals surface area contributed by atoms with Crippen LogP contribution in [0.3, 0.4) is 0 Å². The van der Waals surface area contributed by atoms with E-state index in [0.29, 0.717) is 35.4 Å². The summed E-state index contributed by atoms with van der Waals surface area (Å²) in [4.78, 5) is 25.8. The maximum absolute atomic E-state index is 14.2. The van der Waals surface area contributed by atoms with E-state index in [4.69, 9.17) is 27.9 Å². The zero-order valence-electron chi connectivity index (χ0n) is 16.6. The first-order valence-electron chi connectivity index (χ1n) is 9.88. The summed E-state index contributed by atoms with van der Waals surface area (Å²) in [6.07, 6.45) is 0.520. The lowest BCUT2D eigenvalue weighted by molar-refractivity contribution is 0.0178. The molecule has 0 aliphatic carbocycles. The van der Waals surface area contributed by atoms with E-state index < -0.39 is 30.1 Å². The van der Waals surface area contributed by atoms with E-state index in [0.717, 1.165) is 12.5 Å². The van der Waals surface area contributed by atoms with Gasteiger partial charge in [0, 0.05) is 17.6 Å². The van der Waals surface area contributed by atoms with Crippen molar-refractivity contribution in [3.8, 4) is 0 Å². The van der Waals surface area contributed by atoms with Crippen molar-refractivity contribution in [2.24, 2.45) is 0 Å². The lowest BCUT2D eigenvalue weighted by atomic mass is 9.93. The number of aromatic amines is 1. The van der Waals surface area contributed by atoms with Gasteiger partial charge in [-0.25, -0.2) is 14.0 Å². The standard InChI is InChI=1S/C21H19Cl2FN4O4/c22-14-5-4-11(8-15(14)23)19(17-3-1-2-6-28(17)21(30)31)32-20(29)26-13-7-12-10-25-27-18(12)16(24)9-13/h4-5,7-10,17,19H,1-3,6H2,(H,25,27)(H,26,29)(H,30,31)/t17-,19?/m0/s1. The van der Waals surface area contributed by atoms with Crippen molar-refractivity contribution in [2.45, 2.75) is 31.4 Å². The molecule has 11 heteroatoms. The molecular weight excluding hydrogens is 462 g/mol. The summed E-state index contributed by atoms with van der Waals surface area (Å²) in [5, 5.41) is 19.5. The van der Waals surface area contributed by atoms with E-state index in [9.17, 15) is 19.1 Å². The van der Waals surface area contributed by atoms with Crippen molar-refractivity contribution in [3.63, 3.8) is 0 Å². The smallest absolute Gasteiger partial charge is 0.412 e. The highest BCUT2D eigenvalue weighted by Crippen LogP contribution is 2.35. The van der Waals surface area contributed by atoms with Crippen molar-refractivity contribution in [1.82, 2.24) is 15.1 Å². The predicted octanol–water partition coefficient (Wildman–Crippen LogP) is 5.83. The van der Waals surface area contributed by atoms with Crippen molar-refractivity contribution >= 4 is 52.0 Å². The van der Waals surface area contributed by atoms with Crippen LogP contribution in [0.1, 0.15) is 30.9 Å². The van der Waals surface area contributed by atoms with Crippen molar-refractivity contribution in [3.05, 3.63) is 58.0 Å². The van der Waals surface area contributed by atoms with Crippen LogP contribution >= 0.6 is 23.2 Å². The quantitative estimate of drug-likeness (QED) is 0.435. The van der Waals surface area contributed by atoms with Gasteiger partial charge in [0.05, 0.1) is 22.3 Å². The Balaban J connectivity index is 1.62. The van der Waals surface area contributed by atoms with Gasteiger partial charge in [-0.1, -0.05) is 29.3 Å². The third-order valence-electron chi connectivity index (χ3n) is 5.40. The molecule has 8 nitrogen and oxygen atoms in total. The number of nitrogens with zero attached hydrogens (tertiary/aromatic N) is 2. The third-order valence-corrected chi connectivity index (χ3v) is 6.14. The van der Waals surface area contributed by atoms with E-state index in [1.807, 2.05) is 0 Å². The first-order chi connectivity index (χ1) is 15.3. The molecule has 0 radical (unpaired) electrons. The fraction of sp³-hybridized carbons (Fsp3) is 0.286. The molecule has 4 rings (SSSR count). The predicted molar refractivity (Wildman–Crippen MR) is 118 cm³/mol. The number of nitrogens with one attached hydrogen (secondary N) is 2. The van der Waals surface area contributed by atoms with Crippen LogP contribution in [0, 0.1) is 5.82 Å². The average molecular weight is 481 g/mol. The molecule has 2 aromatic carbocycles. The van der Waals surface area contributed by atoms with Gasteiger partial charge in [-0.05, 0) is 49.1 Å². The number of anilines is 1. The molecule has 0 saturated carbocycles. The molecule has 3 N–H and O–H groups in total. The lowest BCUT2D eigenvalue weighted by Crippen LogP contribution is -2.47. The molecule has 32 heavy (non-hydrogen) atoms. The summed E-state index contributed by atoms with van der Waals surface area (Å²) in [6, 6.07) is 6.81. The Kier molecular flexibility index (Phi) is 6.38. The number of ether oxygens (including phenoxy) is 1. The van der Waals surface area contributed by atoms with Crippen LogP contribution in [0.25, 0.3) is 10.9 Å². The van der Waals surface area contributed by atoms with Gasteiger partial charge >= 0.3 is 12.2 Å². The van der Waals surface area contributed by atoms with Gasteiger partial charge in [0.2, 0.25) is 0 Å². The van der Waals surface area contributed by atoms with Crippen molar-refractivity contribution in [2.75, 3.05) is 11.9 Å². The number of rotatable bonds is 4. The zero-order valence-corrected chi connectivity index (χ0v) is 18.2. The molecule has 2 atom stereocenters. The number of hydrogen-bond donors (Lipinski definition) is 3. The highest BCUT2D eigenvalue weighted by Gasteiger charge is 2.36. The SMILES string of the molecule is O=C(Nc1cc(F)c2[nH]ncc2c1)OC(c1ccc(Cl)c(Cl)c1)[C@@H]1CCCCN1C(=O)O. The number of amides is 2. The summed E-state index contributed by atoms with van der Waals surface area (Å²) < 4.78 is 19.9. The highest BCUT2D eigenvalue weighted by atomic mass is 35.5. The van der Waals surface area contributed by atoms with Gasteiger partial charge < -0.3 is 14.7 Å². The van der Waals surface area contributed by atoms with Gasteiger partial charge in [0.1, 0.15) is 11.6 Å². The average Bonchev–Trinajstić information content (AvgIpc) is 3.23. The third kappa shape index (κ3) is 4.58. The Morgan fingerprint density at radius 2 is 2.06 bits per heavy atom. The molecule has 1 fully saturated rings. The fourth-order valence-electron chi connectivity index (χ4n) is 3.92. The van der Waals surface area contributed by atoms with Crippen LogP contribution in [0.5, 0.6) is 0 Å². The Hall–Kier alpha value is -3.04. The van der Waals surface area contributed by atoms with Crippen LogP contribution in [-0.2, 0) is 4.74 Å². The topological polar surface area (TPSA) is 108 Å². The van der Waals surface area contributed by atoms with Gasteiger partial charge in [-0.2, -0.15) is 5.10 Å². The van der Waals surface area contributed by atoms with E-state index in [1.54, 1.807) is 24.3 Å². The molecule has 0 bridgehead atoms. The van der Waals surface area contributed by atoms with Crippen molar-refractivity contribution in [1.29, 1.82) is 0 Å². The molecule has 1 saturated heterocycles. The second-order valence-electron chi connectivity index (χ2n) is 7.46. The van der Waals surface area contributed by atoms with Crippen LogP contribution < -0.4 is 5.32 Å². The Morgan fingerprint density at radius 1 is 1.25 bits per heavy atom. The molecule has 1 unspecified atom stereocenters. The molecule has 1 aromatic heterocycles. The molecule has 3 aromatic rings. The minimum absolute atomic E-state index is 0.174. The largest absolute Gasteiger partial charge is 0.465 e. The first kappa shape index (κ1) is 22.2. The van der Waals surface area contributed by atoms with Crippen LogP contribution in [0.15, 0.2) is 36.5 Å². The summed E-state index contributed by atoms with van der Waals surface area (Å²) in [7, 11) is 0.